The molecule has 6 heteroatoms. The van der Waals surface area contributed by atoms with Crippen molar-refractivity contribution in [1.29, 1.82) is 0 Å². The average Bonchev–Trinajstić information content (AvgIpc) is 2.87. The summed E-state index contributed by atoms with van der Waals surface area (Å²) in [6.07, 6.45) is 1.96. The minimum Gasteiger partial charge on any atom is -0.490 e. The number of fused-ring (bicyclic) bond motifs is 2. The van der Waals surface area contributed by atoms with Gasteiger partial charge in [0.2, 0.25) is 0 Å². The van der Waals surface area contributed by atoms with Crippen molar-refractivity contribution < 1.29 is 14.3 Å². The predicted molar refractivity (Wildman–Crippen MR) is 114 cm³/mol. The van der Waals surface area contributed by atoms with E-state index in [4.69, 9.17) is 9.47 Å². The van der Waals surface area contributed by atoms with E-state index < -0.39 is 0 Å². The van der Waals surface area contributed by atoms with Crippen LogP contribution in [0.1, 0.15) is 16.7 Å². The molecule has 0 aromatic heterocycles. The zero-order valence-corrected chi connectivity index (χ0v) is 17.0. The Morgan fingerprint density at radius 2 is 2.04 bits per heavy atom. The van der Waals surface area contributed by atoms with Gasteiger partial charge in [0.05, 0.1) is 12.2 Å². The van der Waals surface area contributed by atoms with Gasteiger partial charge in [-0.1, -0.05) is 29.8 Å². The molecule has 0 aliphatic carbocycles. The number of methoxy groups -OCH3 is 1. The van der Waals surface area contributed by atoms with Crippen molar-refractivity contribution in [3.8, 4) is 16.9 Å². The summed E-state index contributed by atoms with van der Waals surface area (Å²) >= 11 is 0. The van der Waals surface area contributed by atoms with Crippen molar-refractivity contribution in [3.05, 3.63) is 47.0 Å². The van der Waals surface area contributed by atoms with Crippen LogP contribution in [0.5, 0.6) is 5.75 Å². The highest BCUT2D eigenvalue weighted by atomic mass is 16.5. The zero-order chi connectivity index (χ0) is 19.7. The number of nitrogens with zero attached hydrogens (tertiary/aromatic N) is 2. The Morgan fingerprint density at radius 3 is 2.82 bits per heavy atom. The van der Waals surface area contributed by atoms with Gasteiger partial charge >= 0.3 is 0 Å². The number of carbonyl (C=O) groups excluding carboxylic acids is 1. The van der Waals surface area contributed by atoms with E-state index in [1.165, 1.54) is 16.7 Å². The van der Waals surface area contributed by atoms with Gasteiger partial charge in [-0.3, -0.25) is 4.79 Å². The first kappa shape index (κ1) is 19.0. The van der Waals surface area contributed by atoms with E-state index in [0.29, 0.717) is 13.2 Å². The SMILES string of the molecule is BN1CCc2cc3c(c(-c4cccc(C)c4)c2CC1)N(C(=O)COC)CCO3. The van der Waals surface area contributed by atoms with E-state index in [0.717, 1.165) is 48.5 Å². The lowest BCUT2D eigenvalue weighted by atomic mass is 9.89. The van der Waals surface area contributed by atoms with Crippen molar-refractivity contribution in [2.24, 2.45) is 0 Å². The zero-order valence-electron chi connectivity index (χ0n) is 17.0. The van der Waals surface area contributed by atoms with Gasteiger partial charge in [0.1, 0.15) is 19.0 Å². The largest absolute Gasteiger partial charge is 0.490 e. The fourth-order valence-electron chi connectivity index (χ4n) is 4.27. The number of benzene rings is 2. The standard InChI is InChI=1S/C22H27BN2O3/c1-15-4-3-5-17(12-15)21-18-7-9-24(23)8-6-16(18)13-19-22(21)25(10-11-28-19)20(26)14-27-2/h3-5,12-13H,6-11,14,23H2,1-2H3. The smallest absolute Gasteiger partial charge is 0.253 e. The quantitative estimate of drug-likeness (QED) is 0.767. The maximum absolute atomic E-state index is 12.8. The van der Waals surface area contributed by atoms with E-state index >= 15 is 0 Å². The highest BCUT2D eigenvalue weighted by Crippen LogP contribution is 2.45. The number of aryl methyl sites for hydroxylation is 1. The summed E-state index contributed by atoms with van der Waals surface area (Å²) < 4.78 is 11.2. The molecule has 0 bridgehead atoms. The van der Waals surface area contributed by atoms with Crippen molar-refractivity contribution in [3.63, 3.8) is 0 Å². The Labute approximate surface area is 167 Å². The summed E-state index contributed by atoms with van der Waals surface area (Å²) in [4.78, 5) is 17.1. The molecule has 0 atom stereocenters. The summed E-state index contributed by atoms with van der Waals surface area (Å²) in [6, 6.07) is 10.7. The summed E-state index contributed by atoms with van der Waals surface area (Å²) in [5.74, 6) is 0.794. The molecule has 0 N–H and O–H groups in total. The van der Waals surface area contributed by atoms with Crippen LogP contribution >= 0.6 is 0 Å². The number of hydrogen-bond donors (Lipinski definition) is 0. The van der Waals surface area contributed by atoms with E-state index in [1.807, 2.05) is 4.90 Å². The van der Waals surface area contributed by atoms with Crippen LogP contribution in [0, 0.1) is 6.92 Å². The minimum absolute atomic E-state index is 0.0216. The summed E-state index contributed by atoms with van der Waals surface area (Å²) in [7, 11) is 3.73. The monoisotopic (exact) mass is 378 g/mol. The molecule has 0 saturated carbocycles. The predicted octanol–water partition coefficient (Wildman–Crippen LogP) is 1.98. The fraction of sp³-hybridized carbons (Fsp3) is 0.409. The highest BCUT2D eigenvalue weighted by Gasteiger charge is 2.31. The Balaban J connectivity index is 1.96. The van der Waals surface area contributed by atoms with E-state index in [2.05, 4.69) is 50.0 Å². The van der Waals surface area contributed by atoms with Gasteiger partial charge in [0.25, 0.3) is 5.91 Å². The average molecular weight is 378 g/mol. The van der Waals surface area contributed by atoms with E-state index in [1.54, 1.807) is 7.11 Å². The summed E-state index contributed by atoms with van der Waals surface area (Å²) in [5.41, 5.74) is 7.09. The molecular formula is C22H27BN2O3. The molecule has 146 valence electrons. The van der Waals surface area contributed by atoms with Crippen LogP contribution in [0.25, 0.3) is 11.1 Å². The maximum atomic E-state index is 12.8. The van der Waals surface area contributed by atoms with Gasteiger partial charge in [-0.05, 0) is 55.6 Å². The lowest BCUT2D eigenvalue weighted by Gasteiger charge is -2.33. The minimum atomic E-state index is -0.0216. The van der Waals surface area contributed by atoms with Crippen LogP contribution < -0.4 is 9.64 Å². The van der Waals surface area contributed by atoms with Crippen molar-refractivity contribution in [2.75, 3.05) is 44.9 Å². The number of carbonyl (C=O) groups is 1. The molecule has 0 saturated heterocycles. The summed E-state index contributed by atoms with van der Waals surface area (Å²) in [5, 5.41) is 0. The molecule has 2 aliphatic heterocycles. The maximum Gasteiger partial charge on any atom is 0.253 e. The molecule has 0 radical (unpaired) electrons. The van der Waals surface area contributed by atoms with Crippen LogP contribution in [-0.4, -0.2) is 58.7 Å². The number of rotatable bonds is 3. The second-order valence-electron chi connectivity index (χ2n) is 7.74. The third-order valence-electron chi connectivity index (χ3n) is 5.69. The molecule has 4 rings (SSSR count). The Bertz CT molecular complexity index is 900. The number of anilines is 1. The topological polar surface area (TPSA) is 42.0 Å². The first-order valence-electron chi connectivity index (χ1n) is 9.95. The number of hydrogen-bond acceptors (Lipinski definition) is 4. The van der Waals surface area contributed by atoms with Gasteiger partial charge in [-0.15, -0.1) is 0 Å². The first-order valence-corrected chi connectivity index (χ1v) is 9.95. The molecule has 0 unspecified atom stereocenters. The molecule has 1 amide bonds. The van der Waals surface area contributed by atoms with Gasteiger partial charge < -0.3 is 19.2 Å². The van der Waals surface area contributed by atoms with Gasteiger partial charge in [0, 0.05) is 12.7 Å². The molecule has 2 heterocycles. The normalized spacial score (nSPS) is 16.7. The third-order valence-corrected chi connectivity index (χ3v) is 5.69. The fourth-order valence-corrected chi connectivity index (χ4v) is 4.27. The molecule has 5 nitrogen and oxygen atoms in total. The first-order chi connectivity index (χ1) is 13.6. The lowest BCUT2D eigenvalue weighted by Crippen LogP contribution is -2.40. The molecule has 2 aromatic rings. The van der Waals surface area contributed by atoms with Gasteiger partial charge in [0.15, 0.2) is 7.98 Å². The third kappa shape index (κ3) is 3.54. The Kier molecular flexibility index (Phi) is 5.42. The van der Waals surface area contributed by atoms with Gasteiger partial charge in [-0.25, -0.2) is 0 Å². The van der Waals surface area contributed by atoms with Crippen LogP contribution in [0.3, 0.4) is 0 Å². The van der Waals surface area contributed by atoms with Crippen LogP contribution in [0.15, 0.2) is 30.3 Å². The van der Waals surface area contributed by atoms with E-state index in [9.17, 15) is 4.79 Å². The Morgan fingerprint density at radius 1 is 1.21 bits per heavy atom. The number of amides is 1. The molecule has 0 fully saturated rings. The van der Waals surface area contributed by atoms with Crippen LogP contribution in [-0.2, 0) is 22.4 Å². The summed E-state index contributed by atoms with van der Waals surface area (Å²) in [6.45, 7) is 5.28. The number of ether oxygens (including phenoxy) is 2. The van der Waals surface area contributed by atoms with Crippen molar-refractivity contribution in [2.45, 2.75) is 19.8 Å². The highest BCUT2D eigenvalue weighted by molar-refractivity contribution is 6.04. The van der Waals surface area contributed by atoms with Crippen LogP contribution in [0.4, 0.5) is 5.69 Å². The van der Waals surface area contributed by atoms with Gasteiger partial charge in [-0.2, -0.15) is 0 Å². The van der Waals surface area contributed by atoms with Crippen LogP contribution in [0.2, 0.25) is 0 Å². The molecule has 2 aliphatic rings. The lowest BCUT2D eigenvalue weighted by molar-refractivity contribution is -0.122. The second kappa shape index (κ2) is 7.98. The molecule has 0 spiro atoms. The molecular weight excluding hydrogens is 351 g/mol. The van der Waals surface area contributed by atoms with E-state index in [-0.39, 0.29) is 12.5 Å². The molecule has 28 heavy (non-hydrogen) atoms. The van der Waals surface area contributed by atoms with Crippen molar-refractivity contribution >= 4 is 19.6 Å². The second-order valence-corrected chi connectivity index (χ2v) is 7.74. The Hall–Kier alpha value is -2.31. The van der Waals surface area contributed by atoms with Crippen molar-refractivity contribution in [1.82, 2.24) is 4.81 Å². The molecule has 2 aromatic carbocycles.